The van der Waals surface area contributed by atoms with E-state index >= 15 is 0 Å². The van der Waals surface area contributed by atoms with Crippen LogP contribution in [0, 0.1) is 6.92 Å². The third-order valence-electron chi connectivity index (χ3n) is 5.85. The van der Waals surface area contributed by atoms with E-state index in [0.29, 0.717) is 22.3 Å². The summed E-state index contributed by atoms with van der Waals surface area (Å²) in [7, 11) is 0. The first-order valence-corrected chi connectivity index (χ1v) is 12.4. The van der Waals surface area contributed by atoms with Gasteiger partial charge in [0.1, 0.15) is 12.4 Å². The Labute approximate surface area is 213 Å². The Morgan fingerprint density at radius 3 is 2.37 bits per heavy atom. The van der Waals surface area contributed by atoms with Gasteiger partial charge in [-0.1, -0.05) is 83.9 Å². The molecule has 0 N–H and O–H groups in total. The minimum absolute atomic E-state index is 0.200. The maximum Gasteiger partial charge on any atom is 0.293 e. The van der Waals surface area contributed by atoms with Crippen LogP contribution in [0.3, 0.4) is 0 Å². The highest BCUT2D eigenvalue weighted by atomic mass is 35.5. The van der Waals surface area contributed by atoms with Crippen molar-refractivity contribution in [2.75, 3.05) is 0 Å². The van der Waals surface area contributed by atoms with Crippen LogP contribution in [0.25, 0.3) is 16.8 Å². The number of imide groups is 1. The summed E-state index contributed by atoms with van der Waals surface area (Å²) in [6, 6.07) is 27.2. The number of thioether (sulfide) groups is 1. The topological polar surface area (TPSA) is 46.6 Å². The van der Waals surface area contributed by atoms with E-state index in [9.17, 15) is 9.59 Å². The number of aryl methyl sites for hydroxylation is 1. The van der Waals surface area contributed by atoms with Gasteiger partial charge in [0.2, 0.25) is 0 Å². The molecule has 0 saturated carbocycles. The second-order valence-corrected chi connectivity index (χ2v) is 9.80. The zero-order valence-electron chi connectivity index (χ0n) is 19.0. The van der Waals surface area contributed by atoms with Crippen LogP contribution >= 0.6 is 23.4 Å². The molecule has 174 valence electrons. The van der Waals surface area contributed by atoms with Crippen LogP contribution in [0.15, 0.2) is 89.8 Å². The van der Waals surface area contributed by atoms with Crippen molar-refractivity contribution in [1.29, 1.82) is 0 Å². The predicted octanol–water partition coefficient (Wildman–Crippen LogP) is 7.62. The van der Waals surface area contributed by atoms with Crippen molar-refractivity contribution >= 4 is 51.4 Å². The van der Waals surface area contributed by atoms with E-state index in [-0.39, 0.29) is 17.7 Å². The van der Waals surface area contributed by atoms with Crippen LogP contribution in [0.4, 0.5) is 4.79 Å². The first-order valence-electron chi connectivity index (χ1n) is 11.2. The molecule has 5 rings (SSSR count). The number of benzene rings is 4. The summed E-state index contributed by atoms with van der Waals surface area (Å²) in [5.41, 5.74) is 3.87. The van der Waals surface area contributed by atoms with Crippen molar-refractivity contribution in [3.63, 3.8) is 0 Å². The number of nitrogens with zero attached hydrogens (tertiary/aromatic N) is 1. The average Bonchev–Trinajstić information content (AvgIpc) is 3.13. The molecule has 4 aromatic rings. The van der Waals surface area contributed by atoms with Crippen LogP contribution in [0.5, 0.6) is 5.75 Å². The first-order chi connectivity index (χ1) is 17.0. The molecule has 1 heterocycles. The largest absolute Gasteiger partial charge is 0.488 e. The van der Waals surface area contributed by atoms with E-state index in [0.717, 1.165) is 39.2 Å². The van der Waals surface area contributed by atoms with Gasteiger partial charge in [-0.25, -0.2) is 0 Å². The summed E-state index contributed by atoms with van der Waals surface area (Å²) in [5.74, 6) is 0.348. The Kier molecular flexibility index (Phi) is 6.62. The standard InChI is InChI=1S/C29H22ClNO3S/c1-19-6-8-21(9-7-19)18-34-26-15-12-22-4-2-3-5-24(22)25(26)16-27-28(32)31(29(33)35-27)17-20-10-13-23(30)14-11-20/h2-16H,17-18H2,1H3/b27-16+. The molecule has 0 bridgehead atoms. The maximum atomic E-state index is 13.2. The van der Waals surface area contributed by atoms with Gasteiger partial charge in [-0.2, -0.15) is 0 Å². The fraction of sp³-hybridized carbons (Fsp3) is 0.103. The smallest absolute Gasteiger partial charge is 0.293 e. The molecule has 0 spiro atoms. The lowest BCUT2D eigenvalue weighted by atomic mass is 10.0. The van der Waals surface area contributed by atoms with Gasteiger partial charge in [-0.3, -0.25) is 14.5 Å². The summed E-state index contributed by atoms with van der Waals surface area (Å²) in [4.78, 5) is 27.5. The SMILES string of the molecule is Cc1ccc(COc2ccc3ccccc3c2/C=C2/SC(=O)N(Cc3ccc(Cl)cc3)C2=O)cc1. The lowest BCUT2D eigenvalue weighted by Gasteiger charge is -2.14. The molecule has 35 heavy (non-hydrogen) atoms. The first kappa shape index (κ1) is 23.2. The predicted molar refractivity (Wildman–Crippen MR) is 142 cm³/mol. The molecular weight excluding hydrogens is 478 g/mol. The zero-order chi connectivity index (χ0) is 24.4. The van der Waals surface area contributed by atoms with Crippen LogP contribution in [-0.2, 0) is 17.9 Å². The molecule has 4 nitrogen and oxygen atoms in total. The summed E-state index contributed by atoms with van der Waals surface area (Å²) < 4.78 is 6.20. The Morgan fingerprint density at radius 1 is 0.886 bits per heavy atom. The lowest BCUT2D eigenvalue weighted by molar-refractivity contribution is -0.123. The van der Waals surface area contributed by atoms with E-state index in [2.05, 4.69) is 12.1 Å². The molecule has 0 radical (unpaired) electrons. The average molecular weight is 500 g/mol. The number of halogens is 1. The molecule has 0 atom stereocenters. The van der Waals surface area contributed by atoms with Gasteiger partial charge < -0.3 is 4.74 Å². The Bertz CT molecular complexity index is 1450. The molecule has 0 aliphatic carbocycles. The number of carbonyl (C=O) groups excluding carboxylic acids is 2. The van der Waals surface area contributed by atoms with Crippen LogP contribution in [0.1, 0.15) is 22.3 Å². The van der Waals surface area contributed by atoms with Crippen molar-refractivity contribution in [3.05, 3.63) is 117 Å². The van der Waals surface area contributed by atoms with E-state index in [1.807, 2.05) is 67.6 Å². The molecule has 0 unspecified atom stereocenters. The number of rotatable bonds is 6. The van der Waals surface area contributed by atoms with Gasteiger partial charge in [0.25, 0.3) is 11.1 Å². The van der Waals surface area contributed by atoms with Crippen molar-refractivity contribution < 1.29 is 14.3 Å². The third-order valence-corrected chi connectivity index (χ3v) is 7.01. The van der Waals surface area contributed by atoms with Crippen LogP contribution < -0.4 is 4.74 Å². The minimum atomic E-state index is -0.313. The highest BCUT2D eigenvalue weighted by Crippen LogP contribution is 2.37. The number of hydrogen-bond donors (Lipinski definition) is 0. The van der Waals surface area contributed by atoms with Crippen molar-refractivity contribution in [2.45, 2.75) is 20.1 Å². The Balaban J connectivity index is 1.46. The van der Waals surface area contributed by atoms with Crippen LogP contribution in [-0.4, -0.2) is 16.0 Å². The second-order valence-electron chi connectivity index (χ2n) is 8.37. The highest BCUT2D eigenvalue weighted by molar-refractivity contribution is 8.18. The molecule has 2 amide bonds. The molecule has 1 fully saturated rings. The molecule has 1 saturated heterocycles. The summed E-state index contributed by atoms with van der Waals surface area (Å²) in [5, 5.41) is 2.30. The fourth-order valence-corrected chi connectivity index (χ4v) is 4.88. The van der Waals surface area contributed by atoms with E-state index in [1.165, 1.54) is 10.5 Å². The summed E-state index contributed by atoms with van der Waals surface area (Å²) in [6.45, 7) is 2.65. The monoisotopic (exact) mass is 499 g/mol. The number of hydrogen-bond acceptors (Lipinski definition) is 4. The number of carbonyl (C=O) groups is 2. The van der Waals surface area contributed by atoms with Gasteiger partial charge in [0, 0.05) is 10.6 Å². The lowest BCUT2D eigenvalue weighted by Crippen LogP contribution is -2.27. The van der Waals surface area contributed by atoms with E-state index < -0.39 is 0 Å². The van der Waals surface area contributed by atoms with Crippen molar-refractivity contribution in [2.24, 2.45) is 0 Å². The maximum absolute atomic E-state index is 13.2. The molecule has 6 heteroatoms. The zero-order valence-corrected chi connectivity index (χ0v) is 20.6. The molecule has 0 aromatic heterocycles. The quantitative estimate of drug-likeness (QED) is 0.256. The molecule has 1 aliphatic rings. The van der Waals surface area contributed by atoms with E-state index in [4.69, 9.17) is 16.3 Å². The molecule has 1 aliphatic heterocycles. The number of ether oxygens (including phenoxy) is 1. The number of fused-ring (bicyclic) bond motifs is 1. The highest BCUT2D eigenvalue weighted by Gasteiger charge is 2.35. The van der Waals surface area contributed by atoms with Crippen molar-refractivity contribution in [3.8, 4) is 5.75 Å². The van der Waals surface area contributed by atoms with Crippen LogP contribution in [0.2, 0.25) is 5.02 Å². The normalized spacial score (nSPS) is 14.8. The van der Waals surface area contributed by atoms with Gasteiger partial charge >= 0.3 is 0 Å². The van der Waals surface area contributed by atoms with Gasteiger partial charge in [0.05, 0.1) is 11.4 Å². The fourth-order valence-electron chi connectivity index (χ4n) is 3.94. The van der Waals surface area contributed by atoms with E-state index in [1.54, 1.807) is 18.2 Å². The third kappa shape index (κ3) is 5.11. The molecular formula is C29H22ClNO3S. The second kappa shape index (κ2) is 9.98. The van der Waals surface area contributed by atoms with Gasteiger partial charge in [-0.15, -0.1) is 0 Å². The van der Waals surface area contributed by atoms with Gasteiger partial charge in [-0.05, 0) is 64.9 Å². The van der Waals surface area contributed by atoms with Gasteiger partial charge in [0.15, 0.2) is 0 Å². The minimum Gasteiger partial charge on any atom is -0.488 e. The Hall–Kier alpha value is -3.54. The summed E-state index contributed by atoms with van der Waals surface area (Å²) >= 11 is 6.91. The molecule has 4 aromatic carbocycles. The Morgan fingerprint density at radius 2 is 1.60 bits per heavy atom. The number of amides is 2. The van der Waals surface area contributed by atoms with Crippen molar-refractivity contribution in [1.82, 2.24) is 4.90 Å². The summed E-state index contributed by atoms with van der Waals surface area (Å²) in [6.07, 6.45) is 1.78.